The molecule has 2 aliphatic rings. The van der Waals surface area contributed by atoms with Gasteiger partial charge in [0, 0.05) is 22.9 Å². The van der Waals surface area contributed by atoms with Crippen molar-refractivity contribution in [2.75, 3.05) is 20.3 Å². The van der Waals surface area contributed by atoms with Crippen molar-refractivity contribution in [1.82, 2.24) is 0 Å². The molecule has 1 unspecified atom stereocenters. The van der Waals surface area contributed by atoms with E-state index in [-0.39, 0.29) is 29.3 Å². The van der Waals surface area contributed by atoms with Gasteiger partial charge in [-0.1, -0.05) is 29.8 Å². The summed E-state index contributed by atoms with van der Waals surface area (Å²) in [5.74, 6) is -0.178. The Bertz CT molecular complexity index is 1070. The highest BCUT2D eigenvalue weighted by Crippen LogP contribution is 2.50. The molecule has 0 radical (unpaired) electrons. The zero-order valence-electron chi connectivity index (χ0n) is 18.4. The number of esters is 1. The highest BCUT2D eigenvalue weighted by atomic mass is 79.9. The lowest BCUT2D eigenvalue weighted by Crippen LogP contribution is -2.33. The third-order valence-electron chi connectivity index (χ3n) is 5.32. The van der Waals surface area contributed by atoms with Crippen LogP contribution in [0.25, 0.3) is 0 Å². The number of carbonyl (C=O) groups is 2. The monoisotopic (exact) mass is 504 g/mol. The highest BCUT2D eigenvalue weighted by molar-refractivity contribution is 9.10. The fraction of sp³-hybridized carbons (Fsp3) is 0.435. The van der Waals surface area contributed by atoms with Crippen molar-refractivity contribution >= 4 is 27.7 Å². The minimum atomic E-state index is -0.712. The molecular weight excluding hydrogens is 480 g/mol. The molecule has 1 atom stereocenters. The standard InChI is InChI=1S/C23H25BrN2O6/c1-5-30-16-6-12(14(24)7-17(16)31-11-19(28)29-4)20-13(10-25)22(26)32-18-9-23(2,3)8-15(27)21(18)20/h6-7,20H,5,8-9,11,26H2,1-4H3. The normalized spacial score (nSPS) is 19.6. The number of hydrogen-bond acceptors (Lipinski definition) is 8. The van der Waals surface area contributed by atoms with Crippen LogP contribution in [0.3, 0.4) is 0 Å². The zero-order valence-corrected chi connectivity index (χ0v) is 20.0. The maximum atomic E-state index is 13.2. The maximum Gasteiger partial charge on any atom is 0.343 e. The molecular formula is C23H25BrN2O6. The fourth-order valence-electron chi connectivity index (χ4n) is 3.94. The van der Waals surface area contributed by atoms with Gasteiger partial charge in [0.25, 0.3) is 0 Å². The second kappa shape index (κ2) is 9.25. The number of nitriles is 1. The van der Waals surface area contributed by atoms with Crippen molar-refractivity contribution in [3.63, 3.8) is 0 Å². The average Bonchev–Trinajstić information content (AvgIpc) is 2.71. The fourth-order valence-corrected chi connectivity index (χ4v) is 4.50. The van der Waals surface area contributed by atoms with Crippen LogP contribution in [-0.4, -0.2) is 32.1 Å². The second-order valence-electron chi connectivity index (χ2n) is 8.32. The SMILES string of the molecule is CCOc1cc(C2C(C#N)=C(N)OC3=C2C(=O)CC(C)(C)C3)c(Br)cc1OCC(=O)OC. The van der Waals surface area contributed by atoms with E-state index in [9.17, 15) is 14.9 Å². The van der Waals surface area contributed by atoms with Crippen LogP contribution in [-0.2, 0) is 19.1 Å². The van der Waals surface area contributed by atoms with Crippen molar-refractivity contribution in [1.29, 1.82) is 5.26 Å². The Balaban J connectivity index is 2.14. The van der Waals surface area contributed by atoms with Gasteiger partial charge in [0.1, 0.15) is 17.4 Å². The molecule has 0 fully saturated rings. The van der Waals surface area contributed by atoms with Gasteiger partial charge in [0.15, 0.2) is 23.9 Å². The van der Waals surface area contributed by atoms with Crippen LogP contribution in [0.5, 0.6) is 11.5 Å². The van der Waals surface area contributed by atoms with Crippen molar-refractivity contribution in [3.05, 3.63) is 45.0 Å². The lowest BCUT2D eigenvalue weighted by Gasteiger charge is -2.37. The number of halogens is 1. The summed E-state index contributed by atoms with van der Waals surface area (Å²) in [7, 11) is 1.27. The lowest BCUT2D eigenvalue weighted by atomic mass is 9.70. The predicted octanol–water partition coefficient (Wildman–Crippen LogP) is 3.85. The minimum absolute atomic E-state index is 0.0161. The van der Waals surface area contributed by atoms with Crippen molar-refractivity contribution in [3.8, 4) is 17.6 Å². The van der Waals surface area contributed by atoms with E-state index in [1.165, 1.54) is 7.11 Å². The van der Waals surface area contributed by atoms with Crippen LogP contribution in [0.1, 0.15) is 45.1 Å². The largest absolute Gasteiger partial charge is 0.490 e. The summed E-state index contributed by atoms with van der Waals surface area (Å²) in [4.78, 5) is 24.7. The minimum Gasteiger partial charge on any atom is -0.490 e. The number of ether oxygens (including phenoxy) is 4. The molecule has 1 aliphatic heterocycles. The summed E-state index contributed by atoms with van der Waals surface area (Å²) in [6.45, 7) is 5.84. The van der Waals surface area contributed by atoms with Gasteiger partial charge in [0.2, 0.25) is 5.88 Å². The molecule has 170 valence electrons. The van der Waals surface area contributed by atoms with Crippen LogP contribution in [0.4, 0.5) is 0 Å². The number of hydrogen-bond donors (Lipinski definition) is 1. The Hall–Kier alpha value is -2.99. The molecule has 1 aliphatic carbocycles. The first kappa shape index (κ1) is 23.7. The van der Waals surface area contributed by atoms with Gasteiger partial charge in [-0.15, -0.1) is 0 Å². The Morgan fingerprint density at radius 2 is 2.00 bits per heavy atom. The van der Waals surface area contributed by atoms with E-state index in [1.807, 2.05) is 20.8 Å². The summed E-state index contributed by atoms with van der Waals surface area (Å²) in [5, 5.41) is 9.84. The number of rotatable bonds is 6. The van der Waals surface area contributed by atoms with E-state index < -0.39 is 11.9 Å². The molecule has 1 aromatic carbocycles. The van der Waals surface area contributed by atoms with Gasteiger partial charge in [-0.3, -0.25) is 4.79 Å². The third-order valence-corrected chi connectivity index (χ3v) is 6.01. The Morgan fingerprint density at radius 3 is 2.62 bits per heavy atom. The maximum absolute atomic E-state index is 13.2. The molecule has 1 aromatic rings. The van der Waals surface area contributed by atoms with Gasteiger partial charge >= 0.3 is 5.97 Å². The predicted molar refractivity (Wildman–Crippen MR) is 119 cm³/mol. The van der Waals surface area contributed by atoms with Crippen LogP contribution in [0, 0.1) is 16.7 Å². The molecule has 1 heterocycles. The summed E-state index contributed by atoms with van der Waals surface area (Å²) in [6, 6.07) is 5.44. The van der Waals surface area contributed by atoms with Crippen molar-refractivity contribution in [2.45, 2.75) is 39.5 Å². The average molecular weight is 505 g/mol. The summed E-state index contributed by atoms with van der Waals surface area (Å²) >= 11 is 3.53. The molecule has 0 amide bonds. The first-order chi connectivity index (χ1) is 15.1. The van der Waals surface area contributed by atoms with E-state index in [1.54, 1.807) is 12.1 Å². The van der Waals surface area contributed by atoms with E-state index in [0.29, 0.717) is 52.3 Å². The quantitative estimate of drug-likeness (QED) is 0.579. The van der Waals surface area contributed by atoms with E-state index in [2.05, 4.69) is 26.7 Å². The molecule has 9 heteroatoms. The first-order valence-corrected chi connectivity index (χ1v) is 10.9. The lowest BCUT2D eigenvalue weighted by molar-refractivity contribution is -0.142. The Morgan fingerprint density at radius 1 is 1.31 bits per heavy atom. The third kappa shape index (κ3) is 4.60. The number of nitrogens with two attached hydrogens (primary N) is 1. The van der Waals surface area contributed by atoms with E-state index >= 15 is 0 Å². The number of ketones is 1. The molecule has 32 heavy (non-hydrogen) atoms. The summed E-state index contributed by atoms with van der Waals surface area (Å²) < 4.78 is 22.2. The number of benzene rings is 1. The topological polar surface area (TPSA) is 121 Å². The number of methoxy groups -OCH3 is 1. The number of allylic oxidation sites excluding steroid dienone is 3. The molecule has 0 bridgehead atoms. The Labute approximate surface area is 195 Å². The van der Waals surface area contributed by atoms with E-state index in [4.69, 9.17) is 19.9 Å². The number of Topliss-reactive ketones (excluding diaryl/α,β-unsaturated/α-hetero) is 1. The number of carbonyl (C=O) groups excluding carboxylic acids is 2. The molecule has 3 rings (SSSR count). The molecule has 0 saturated heterocycles. The second-order valence-corrected chi connectivity index (χ2v) is 9.18. The molecule has 8 nitrogen and oxygen atoms in total. The molecule has 0 aromatic heterocycles. The van der Waals surface area contributed by atoms with Crippen LogP contribution in [0.2, 0.25) is 0 Å². The van der Waals surface area contributed by atoms with Crippen LogP contribution in [0.15, 0.2) is 39.4 Å². The summed E-state index contributed by atoms with van der Waals surface area (Å²) in [6.07, 6.45) is 0.862. The summed E-state index contributed by atoms with van der Waals surface area (Å²) in [5.41, 5.74) is 7.03. The molecule has 0 saturated carbocycles. The molecule has 2 N–H and O–H groups in total. The van der Waals surface area contributed by atoms with Gasteiger partial charge < -0.3 is 24.7 Å². The zero-order chi connectivity index (χ0) is 23.6. The smallest absolute Gasteiger partial charge is 0.343 e. The highest BCUT2D eigenvalue weighted by Gasteiger charge is 2.43. The van der Waals surface area contributed by atoms with Crippen molar-refractivity contribution < 1.29 is 28.5 Å². The van der Waals surface area contributed by atoms with Crippen LogP contribution >= 0.6 is 15.9 Å². The Kier molecular flexibility index (Phi) is 6.84. The molecule has 0 spiro atoms. The first-order valence-electron chi connectivity index (χ1n) is 10.1. The van der Waals surface area contributed by atoms with Gasteiger partial charge in [0.05, 0.1) is 19.6 Å². The van der Waals surface area contributed by atoms with Gasteiger partial charge in [-0.05, 0) is 30.0 Å². The van der Waals surface area contributed by atoms with E-state index in [0.717, 1.165) is 0 Å². The van der Waals surface area contributed by atoms with Crippen molar-refractivity contribution in [2.24, 2.45) is 11.1 Å². The number of nitrogens with zero attached hydrogens (tertiary/aromatic N) is 1. The van der Waals surface area contributed by atoms with Gasteiger partial charge in [-0.25, -0.2) is 4.79 Å². The van der Waals surface area contributed by atoms with Crippen LogP contribution < -0.4 is 15.2 Å². The van der Waals surface area contributed by atoms with Gasteiger partial charge in [-0.2, -0.15) is 5.26 Å².